The number of amides is 2. The van der Waals surface area contributed by atoms with E-state index in [2.05, 4.69) is 15.5 Å². The molecule has 0 bridgehead atoms. The number of aromatic nitrogens is 2. The first-order valence-electron chi connectivity index (χ1n) is 11.1. The third-order valence-electron chi connectivity index (χ3n) is 6.34. The molecule has 8 heteroatoms. The number of Topliss-reactive ketones (excluding diaryl/α,β-unsaturated/α-hetero) is 1. The molecule has 1 aliphatic heterocycles. The largest absolute Gasteiger partial charge is 0.339 e. The summed E-state index contributed by atoms with van der Waals surface area (Å²) in [6.07, 6.45) is 3.46. The highest BCUT2D eigenvalue weighted by Crippen LogP contribution is 2.36. The van der Waals surface area contributed by atoms with E-state index in [9.17, 15) is 14.4 Å². The van der Waals surface area contributed by atoms with Crippen LogP contribution in [-0.2, 0) is 9.59 Å². The second-order valence-corrected chi connectivity index (χ2v) is 8.67. The van der Waals surface area contributed by atoms with E-state index in [1.807, 2.05) is 24.3 Å². The Morgan fingerprint density at radius 1 is 1.12 bits per heavy atom. The number of ketones is 1. The zero-order chi connectivity index (χ0) is 22.9. The maximum absolute atomic E-state index is 12.8. The normalized spacial score (nSPS) is 18.3. The first-order valence-corrected chi connectivity index (χ1v) is 11.1. The van der Waals surface area contributed by atoms with Gasteiger partial charge in [0, 0.05) is 41.4 Å². The van der Waals surface area contributed by atoms with Gasteiger partial charge < -0.3 is 14.7 Å². The molecule has 2 aromatic carbocycles. The molecular formula is C25H24N4O4. The highest BCUT2D eigenvalue weighted by atomic mass is 16.5. The van der Waals surface area contributed by atoms with E-state index in [0.29, 0.717) is 34.6 Å². The van der Waals surface area contributed by atoms with Gasteiger partial charge in [-0.2, -0.15) is 4.98 Å². The summed E-state index contributed by atoms with van der Waals surface area (Å²) in [5.41, 5.74) is 2.53. The smallest absolute Gasteiger partial charge is 0.230 e. The van der Waals surface area contributed by atoms with Gasteiger partial charge in [0.1, 0.15) is 0 Å². The summed E-state index contributed by atoms with van der Waals surface area (Å²) < 4.78 is 5.42. The number of carbonyl (C=O) groups is 3. The van der Waals surface area contributed by atoms with Gasteiger partial charge in [-0.05, 0) is 44.0 Å². The predicted molar refractivity (Wildman–Crippen MR) is 122 cm³/mol. The molecule has 2 heterocycles. The van der Waals surface area contributed by atoms with Crippen LogP contribution in [0.2, 0.25) is 0 Å². The molecule has 1 N–H and O–H groups in total. The molecule has 0 unspecified atom stereocenters. The van der Waals surface area contributed by atoms with Crippen LogP contribution in [0.15, 0.2) is 53.1 Å². The molecule has 0 radical (unpaired) electrons. The first-order chi connectivity index (χ1) is 16.0. The second kappa shape index (κ2) is 8.61. The minimum atomic E-state index is -0.488. The van der Waals surface area contributed by atoms with Crippen molar-refractivity contribution in [1.29, 1.82) is 0 Å². The summed E-state index contributed by atoms with van der Waals surface area (Å²) in [5.74, 6) is 0.603. The van der Waals surface area contributed by atoms with Gasteiger partial charge in [-0.25, -0.2) is 0 Å². The Balaban J connectivity index is 1.29. The van der Waals surface area contributed by atoms with Crippen molar-refractivity contribution in [3.8, 4) is 11.4 Å². The molecule has 168 valence electrons. The number of nitrogens with one attached hydrogen (secondary N) is 1. The monoisotopic (exact) mass is 444 g/mol. The van der Waals surface area contributed by atoms with Crippen molar-refractivity contribution >= 4 is 29.0 Å². The van der Waals surface area contributed by atoms with Crippen LogP contribution in [0.4, 0.5) is 11.4 Å². The van der Waals surface area contributed by atoms with E-state index in [1.54, 1.807) is 29.2 Å². The molecule has 0 spiro atoms. The van der Waals surface area contributed by atoms with Gasteiger partial charge in [-0.15, -0.1) is 0 Å². The summed E-state index contributed by atoms with van der Waals surface area (Å²) in [6.45, 7) is 1.76. The maximum atomic E-state index is 12.8. The number of anilines is 2. The highest BCUT2D eigenvalue weighted by molar-refractivity contribution is 6.04. The lowest BCUT2D eigenvalue weighted by Gasteiger charge is -2.20. The van der Waals surface area contributed by atoms with Gasteiger partial charge in [0.2, 0.25) is 23.5 Å². The van der Waals surface area contributed by atoms with Crippen molar-refractivity contribution in [2.45, 2.75) is 38.5 Å². The number of carbonyl (C=O) groups excluding carboxylic acids is 3. The molecule has 5 rings (SSSR count). The lowest BCUT2D eigenvalue weighted by molar-refractivity contribution is -0.122. The number of benzene rings is 2. The minimum absolute atomic E-state index is 0.0744. The SMILES string of the molecule is CC(=O)c1cccc(NC(=O)[C@H]2CC(=O)N(c3cccc(-c4noc(C5CCC5)n4)c3)C2)c1. The third-order valence-corrected chi connectivity index (χ3v) is 6.34. The van der Waals surface area contributed by atoms with Crippen molar-refractivity contribution in [2.24, 2.45) is 5.92 Å². The lowest BCUT2D eigenvalue weighted by atomic mass is 9.85. The maximum Gasteiger partial charge on any atom is 0.230 e. The van der Waals surface area contributed by atoms with Crippen LogP contribution in [0, 0.1) is 5.92 Å². The molecule has 1 aliphatic carbocycles. The quantitative estimate of drug-likeness (QED) is 0.571. The summed E-state index contributed by atoms with van der Waals surface area (Å²) in [6, 6.07) is 14.2. The average molecular weight is 444 g/mol. The average Bonchev–Trinajstić information content (AvgIpc) is 3.40. The highest BCUT2D eigenvalue weighted by Gasteiger charge is 2.35. The fraction of sp³-hybridized carbons (Fsp3) is 0.320. The van der Waals surface area contributed by atoms with Crippen molar-refractivity contribution < 1.29 is 18.9 Å². The summed E-state index contributed by atoms with van der Waals surface area (Å²) in [5, 5.41) is 6.94. The number of rotatable bonds is 6. The van der Waals surface area contributed by atoms with Crippen LogP contribution in [-0.4, -0.2) is 34.3 Å². The molecule has 8 nitrogen and oxygen atoms in total. The van der Waals surface area contributed by atoms with Crippen LogP contribution >= 0.6 is 0 Å². The van der Waals surface area contributed by atoms with Gasteiger partial charge >= 0.3 is 0 Å². The third kappa shape index (κ3) is 4.28. The van der Waals surface area contributed by atoms with Gasteiger partial charge in [0.05, 0.1) is 5.92 Å². The fourth-order valence-corrected chi connectivity index (χ4v) is 4.18. The van der Waals surface area contributed by atoms with E-state index in [-0.39, 0.29) is 30.6 Å². The topological polar surface area (TPSA) is 105 Å². The van der Waals surface area contributed by atoms with Crippen molar-refractivity contribution in [2.75, 3.05) is 16.8 Å². The second-order valence-electron chi connectivity index (χ2n) is 8.67. The first kappa shape index (κ1) is 21.1. The lowest BCUT2D eigenvalue weighted by Crippen LogP contribution is -2.28. The van der Waals surface area contributed by atoms with Crippen LogP contribution in [0.1, 0.15) is 54.8 Å². The molecule has 1 saturated carbocycles. The Kier molecular flexibility index (Phi) is 5.50. The van der Waals surface area contributed by atoms with E-state index in [4.69, 9.17) is 4.52 Å². The van der Waals surface area contributed by atoms with E-state index in [0.717, 1.165) is 18.4 Å². The Morgan fingerprint density at radius 3 is 2.70 bits per heavy atom. The zero-order valence-electron chi connectivity index (χ0n) is 18.3. The Hall–Kier alpha value is -3.81. The van der Waals surface area contributed by atoms with E-state index >= 15 is 0 Å². The van der Waals surface area contributed by atoms with Crippen molar-refractivity contribution in [1.82, 2.24) is 10.1 Å². The standard InChI is InChI=1S/C25H24N4O4/c1-15(30)17-7-3-9-20(11-17)26-24(32)19-13-22(31)29(14-19)21-10-4-8-18(12-21)23-27-25(33-28-23)16-5-2-6-16/h3-4,7-12,16,19H,2,5-6,13-14H2,1H3,(H,26,32)/t19-/m0/s1. The fourth-order valence-electron chi connectivity index (χ4n) is 4.18. The molecule has 2 amide bonds. The zero-order valence-corrected chi connectivity index (χ0v) is 18.3. The van der Waals surface area contributed by atoms with Gasteiger partial charge in [-0.1, -0.05) is 35.8 Å². The Labute approximate surface area is 191 Å². The number of hydrogen-bond acceptors (Lipinski definition) is 6. The van der Waals surface area contributed by atoms with Crippen LogP contribution in [0.3, 0.4) is 0 Å². The molecule has 33 heavy (non-hydrogen) atoms. The number of nitrogens with zero attached hydrogens (tertiary/aromatic N) is 3. The Bertz CT molecular complexity index is 1230. The summed E-state index contributed by atoms with van der Waals surface area (Å²) in [4.78, 5) is 43.3. The van der Waals surface area contributed by atoms with E-state index in [1.165, 1.54) is 13.3 Å². The van der Waals surface area contributed by atoms with Crippen LogP contribution in [0.25, 0.3) is 11.4 Å². The van der Waals surface area contributed by atoms with Crippen molar-refractivity contribution in [3.05, 3.63) is 60.0 Å². The molecule has 1 saturated heterocycles. The van der Waals surface area contributed by atoms with Gasteiger partial charge in [-0.3, -0.25) is 14.4 Å². The van der Waals surface area contributed by atoms with Crippen molar-refractivity contribution in [3.63, 3.8) is 0 Å². The molecule has 2 fully saturated rings. The molecule has 2 aliphatic rings. The minimum Gasteiger partial charge on any atom is -0.339 e. The molecular weight excluding hydrogens is 420 g/mol. The van der Waals surface area contributed by atoms with Crippen LogP contribution in [0.5, 0.6) is 0 Å². The summed E-state index contributed by atoms with van der Waals surface area (Å²) in [7, 11) is 0. The van der Waals surface area contributed by atoms with E-state index < -0.39 is 5.92 Å². The van der Waals surface area contributed by atoms with Gasteiger partial charge in [0.15, 0.2) is 5.78 Å². The molecule has 3 aromatic rings. The summed E-state index contributed by atoms with van der Waals surface area (Å²) >= 11 is 0. The van der Waals surface area contributed by atoms with Gasteiger partial charge in [0.25, 0.3) is 0 Å². The predicted octanol–water partition coefficient (Wildman–Crippen LogP) is 4.20. The Morgan fingerprint density at radius 2 is 1.94 bits per heavy atom. The number of hydrogen-bond donors (Lipinski definition) is 1. The van der Waals surface area contributed by atoms with Crippen LogP contribution < -0.4 is 10.2 Å². The molecule has 1 atom stereocenters. The molecule has 1 aromatic heterocycles.